The Bertz CT molecular complexity index is 363. The average Bonchev–Trinajstić information content (AvgIpc) is 2.17. The van der Waals surface area contributed by atoms with E-state index in [9.17, 15) is 4.79 Å². The van der Waals surface area contributed by atoms with Crippen molar-refractivity contribution in [2.45, 2.75) is 26.8 Å². The Morgan fingerprint density at radius 3 is 2.67 bits per heavy atom. The van der Waals surface area contributed by atoms with Gasteiger partial charge in [-0.15, -0.1) is 11.6 Å². The summed E-state index contributed by atoms with van der Waals surface area (Å²) < 4.78 is 0. The highest BCUT2D eigenvalue weighted by molar-refractivity contribution is 6.27. The minimum atomic E-state index is -0.135. The number of alkyl halides is 1. The first-order valence-corrected chi connectivity index (χ1v) is 5.50. The predicted molar refractivity (Wildman–Crippen MR) is 63.2 cm³/mol. The largest absolute Gasteiger partial charge is 0.349 e. The molecule has 1 aromatic carbocycles. The number of aryl methyl sites for hydroxylation is 2. The highest BCUT2D eigenvalue weighted by atomic mass is 35.5. The monoisotopic (exact) mass is 225 g/mol. The molecule has 1 aromatic rings. The number of halogens is 1. The van der Waals surface area contributed by atoms with Crippen molar-refractivity contribution < 1.29 is 4.79 Å². The smallest absolute Gasteiger partial charge is 0.235 e. The van der Waals surface area contributed by atoms with Gasteiger partial charge in [-0.3, -0.25) is 4.79 Å². The summed E-state index contributed by atoms with van der Waals surface area (Å²) in [4.78, 5) is 11.1. The molecule has 0 aromatic heterocycles. The quantitative estimate of drug-likeness (QED) is 0.788. The second-order valence-electron chi connectivity index (χ2n) is 3.78. The van der Waals surface area contributed by atoms with Crippen LogP contribution in [0.15, 0.2) is 18.2 Å². The Hall–Kier alpha value is -1.02. The van der Waals surface area contributed by atoms with Gasteiger partial charge in [0.05, 0.1) is 6.04 Å². The molecule has 0 saturated heterocycles. The summed E-state index contributed by atoms with van der Waals surface area (Å²) in [5, 5.41) is 2.84. The van der Waals surface area contributed by atoms with Gasteiger partial charge in [0, 0.05) is 0 Å². The van der Waals surface area contributed by atoms with Crippen LogP contribution in [-0.4, -0.2) is 11.8 Å². The van der Waals surface area contributed by atoms with Crippen molar-refractivity contribution in [1.82, 2.24) is 5.32 Å². The van der Waals surface area contributed by atoms with E-state index in [1.807, 2.05) is 26.0 Å². The first-order chi connectivity index (χ1) is 7.04. The Morgan fingerprint density at radius 1 is 1.47 bits per heavy atom. The Morgan fingerprint density at radius 2 is 2.13 bits per heavy atom. The third-order valence-corrected chi connectivity index (χ3v) is 2.63. The number of hydrogen-bond donors (Lipinski definition) is 1. The van der Waals surface area contributed by atoms with Crippen LogP contribution in [0.25, 0.3) is 0 Å². The van der Waals surface area contributed by atoms with E-state index in [1.165, 1.54) is 11.1 Å². The fraction of sp³-hybridized carbons (Fsp3) is 0.417. The molecule has 1 N–H and O–H groups in total. The zero-order valence-electron chi connectivity index (χ0n) is 9.30. The molecule has 0 saturated carbocycles. The lowest BCUT2D eigenvalue weighted by Crippen LogP contribution is -2.27. The maximum absolute atomic E-state index is 11.1. The minimum absolute atomic E-state index is 0.00918. The van der Waals surface area contributed by atoms with Gasteiger partial charge in [0.2, 0.25) is 5.91 Å². The molecule has 1 rings (SSSR count). The van der Waals surface area contributed by atoms with Gasteiger partial charge in [0.15, 0.2) is 0 Å². The lowest BCUT2D eigenvalue weighted by Gasteiger charge is -2.16. The van der Waals surface area contributed by atoms with Gasteiger partial charge in [0.1, 0.15) is 5.88 Å². The Labute approximate surface area is 95.6 Å². The molecule has 1 atom stereocenters. The fourth-order valence-electron chi connectivity index (χ4n) is 1.67. The molecule has 2 nitrogen and oxygen atoms in total. The Balaban J connectivity index is 2.82. The van der Waals surface area contributed by atoms with E-state index in [2.05, 4.69) is 18.3 Å². The molecular weight excluding hydrogens is 210 g/mol. The highest BCUT2D eigenvalue weighted by Gasteiger charge is 2.10. The third kappa shape index (κ3) is 3.24. The number of hydrogen-bond acceptors (Lipinski definition) is 1. The van der Waals surface area contributed by atoms with Crippen LogP contribution in [0, 0.1) is 13.8 Å². The zero-order valence-corrected chi connectivity index (χ0v) is 10.1. The molecule has 3 heteroatoms. The van der Waals surface area contributed by atoms with Crippen molar-refractivity contribution in [2.24, 2.45) is 0 Å². The summed E-state index contributed by atoms with van der Waals surface area (Å²) >= 11 is 5.44. The van der Waals surface area contributed by atoms with Gasteiger partial charge in [-0.2, -0.15) is 0 Å². The number of amides is 1. The molecule has 1 amide bonds. The first kappa shape index (κ1) is 12.1. The van der Waals surface area contributed by atoms with E-state index < -0.39 is 0 Å². The normalized spacial score (nSPS) is 12.3. The van der Waals surface area contributed by atoms with Crippen molar-refractivity contribution in [3.8, 4) is 0 Å². The maximum atomic E-state index is 11.1. The van der Waals surface area contributed by atoms with Gasteiger partial charge < -0.3 is 5.32 Å². The molecule has 0 aliphatic rings. The van der Waals surface area contributed by atoms with E-state index in [1.54, 1.807) is 0 Å². The summed E-state index contributed by atoms with van der Waals surface area (Å²) in [6.07, 6.45) is 0. The summed E-state index contributed by atoms with van der Waals surface area (Å²) in [5.74, 6) is -0.126. The van der Waals surface area contributed by atoms with E-state index >= 15 is 0 Å². The van der Waals surface area contributed by atoms with Crippen LogP contribution in [0.3, 0.4) is 0 Å². The summed E-state index contributed by atoms with van der Waals surface area (Å²) in [7, 11) is 0. The summed E-state index contributed by atoms with van der Waals surface area (Å²) in [5.41, 5.74) is 3.56. The lowest BCUT2D eigenvalue weighted by atomic mass is 10.0. The van der Waals surface area contributed by atoms with E-state index in [0.717, 1.165) is 5.56 Å². The van der Waals surface area contributed by atoms with Crippen LogP contribution in [0.2, 0.25) is 0 Å². The summed E-state index contributed by atoms with van der Waals surface area (Å²) in [6.45, 7) is 6.06. The van der Waals surface area contributed by atoms with E-state index in [0.29, 0.717) is 0 Å². The number of carbonyl (C=O) groups is 1. The van der Waals surface area contributed by atoms with Gasteiger partial charge in [-0.05, 0) is 31.9 Å². The molecule has 1 unspecified atom stereocenters. The molecule has 0 bridgehead atoms. The van der Waals surface area contributed by atoms with Gasteiger partial charge in [-0.25, -0.2) is 0 Å². The lowest BCUT2D eigenvalue weighted by molar-refractivity contribution is -0.119. The van der Waals surface area contributed by atoms with Crippen LogP contribution >= 0.6 is 11.6 Å². The Kier molecular flexibility index (Phi) is 4.15. The number of nitrogens with one attached hydrogen (secondary N) is 1. The van der Waals surface area contributed by atoms with Crippen molar-refractivity contribution in [3.63, 3.8) is 0 Å². The van der Waals surface area contributed by atoms with Crippen molar-refractivity contribution in [2.75, 3.05) is 5.88 Å². The molecular formula is C12H16ClNO. The molecule has 0 aliphatic heterocycles. The minimum Gasteiger partial charge on any atom is -0.349 e. The zero-order chi connectivity index (χ0) is 11.4. The molecule has 0 fully saturated rings. The summed E-state index contributed by atoms with van der Waals surface area (Å²) in [6, 6.07) is 6.21. The molecule has 15 heavy (non-hydrogen) atoms. The second-order valence-corrected chi connectivity index (χ2v) is 4.05. The SMILES string of the molecule is Cc1ccc(C(C)NC(=O)CCl)c(C)c1. The van der Waals surface area contributed by atoms with E-state index in [4.69, 9.17) is 11.6 Å². The molecule has 82 valence electrons. The second kappa shape index (κ2) is 5.17. The number of rotatable bonds is 3. The van der Waals surface area contributed by atoms with Gasteiger partial charge in [-0.1, -0.05) is 23.8 Å². The van der Waals surface area contributed by atoms with Crippen LogP contribution in [0.1, 0.15) is 29.7 Å². The number of benzene rings is 1. The van der Waals surface area contributed by atoms with Crippen molar-refractivity contribution in [1.29, 1.82) is 0 Å². The average molecular weight is 226 g/mol. The topological polar surface area (TPSA) is 29.1 Å². The van der Waals surface area contributed by atoms with Crippen LogP contribution in [0.4, 0.5) is 0 Å². The van der Waals surface area contributed by atoms with Gasteiger partial charge >= 0.3 is 0 Å². The maximum Gasteiger partial charge on any atom is 0.235 e. The first-order valence-electron chi connectivity index (χ1n) is 4.97. The van der Waals surface area contributed by atoms with E-state index in [-0.39, 0.29) is 17.8 Å². The van der Waals surface area contributed by atoms with Crippen molar-refractivity contribution in [3.05, 3.63) is 34.9 Å². The fourth-order valence-corrected chi connectivity index (χ4v) is 1.75. The van der Waals surface area contributed by atoms with Crippen LogP contribution < -0.4 is 5.32 Å². The molecule has 0 heterocycles. The molecule has 0 aliphatic carbocycles. The third-order valence-electron chi connectivity index (χ3n) is 2.39. The van der Waals surface area contributed by atoms with Crippen molar-refractivity contribution >= 4 is 17.5 Å². The standard InChI is InChI=1S/C12H16ClNO/c1-8-4-5-11(9(2)6-8)10(3)14-12(15)7-13/h4-6,10H,7H2,1-3H3,(H,14,15). The van der Waals surface area contributed by atoms with Gasteiger partial charge in [0.25, 0.3) is 0 Å². The predicted octanol–water partition coefficient (Wildman–Crippen LogP) is 2.72. The van der Waals surface area contributed by atoms with Crippen LogP contribution in [-0.2, 0) is 4.79 Å². The molecule has 0 radical (unpaired) electrons. The van der Waals surface area contributed by atoms with Crippen LogP contribution in [0.5, 0.6) is 0 Å². The number of carbonyl (C=O) groups excluding carboxylic acids is 1. The highest BCUT2D eigenvalue weighted by Crippen LogP contribution is 2.18. The molecule has 0 spiro atoms.